The summed E-state index contributed by atoms with van der Waals surface area (Å²) in [6.07, 6.45) is 3.04. The Bertz CT molecular complexity index is 471. The number of rotatable bonds is 8. The molecule has 1 unspecified atom stereocenters. The molecule has 3 nitrogen and oxygen atoms in total. The third-order valence-corrected chi connectivity index (χ3v) is 4.50. The summed E-state index contributed by atoms with van der Waals surface area (Å²) in [6, 6.07) is 8.13. The Morgan fingerprint density at radius 1 is 1.26 bits per heavy atom. The zero-order valence-electron chi connectivity index (χ0n) is 11.5. The van der Waals surface area contributed by atoms with E-state index in [0.29, 0.717) is 6.42 Å². The SMILES string of the molecule is CCCNCC(CCS(C)(=O)=O)c1ccc(Br)cc1. The average molecular weight is 348 g/mol. The summed E-state index contributed by atoms with van der Waals surface area (Å²) in [5.41, 5.74) is 1.19. The van der Waals surface area contributed by atoms with Crippen molar-refractivity contribution in [2.45, 2.75) is 25.7 Å². The molecule has 1 atom stereocenters. The fourth-order valence-electron chi connectivity index (χ4n) is 1.93. The van der Waals surface area contributed by atoms with Crippen molar-refractivity contribution in [1.82, 2.24) is 5.32 Å². The molecule has 0 heterocycles. The van der Waals surface area contributed by atoms with Crippen molar-refractivity contribution in [2.24, 2.45) is 0 Å². The van der Waals surface area contributed by atoms with Gasteiger partial charge in [0, 0.05) is 17.3 Å². The number of hydrogen-bond donors (Lipinski definition) is 1. The van der Waals surface area contributed by atoms with Crippen LogP contribution in [-0.4, -0.2) is 33.5 Å². The van der Waals surface area contributed by atoms with Crippen LogP contribution in [-0.2, 0) is 9.84 Å². The van der Waals surface area contributed by atoms with E-state index < -0.39 is 9.84 Å². The van der Waals surface area contributed by atoms with Gasteiger partial charge in [0.05, 0.1) is 5.75 Å². The molecule has 0 aliphatic carbocycles. The quantitative estimate of drug-likeness (QED) is 0.735. The lowest BCUT2D eigenvalue weighted by Crippen LogP contribution is -2.24. The van der Waals surface area contributed by atoms with Crippen LogP contribution in [0.5, 0.6) is 0 Å². The zero-order chi connectivity index (χ0) is 14.3. The van der Waals surface area contributed by atoms with Crippen molar-refractivity contribution in [3.05, 3.63) is 34.3 Å². The van der Waals surface area contributed by atoms with Crippen LogP contribution in [0.15, 0.2) is 28.7 Å². The van der Waals surface area contributed by atoms with Crippen molar-refractivity contribution in [3.63, 3.8) is 0 Å². The zero-order valence-corrected chi connectivity index (χ0v) is 13.9. The minimum atomic E-state index is -2.90. The summed E-state index contributed by atoms with van der Waals surface area (Å²) >= 11 is 3.42. The molecule has 0 amide bonds. The molecule has 1 rings (SSSR count). The first-order valence-corrected chi connectivity index (χ1v) is 9.41. The van der Waals surface area contributed by atoms with Crippen LogP contribution in [0.3, 0.4) is 0 Å². The van der Waals surface area contributed by atoms with E-state index in [9.17, 15) is 8.42 Å². The molecule has 5 heteroatoms. The monoisotopic (exact) mass is 347 g/mol. The van der Waals surface area contributed by atoms with Crippen molar-refractivity contribution in [2.75, 3.05) is 25.1 Å². The fraction of sp³-hybridized carbons (Fsp3) is 0.571. The second-order valence-corrected chi connectivity index (χ2v) is 8.05. The molecule has 1 aromatic carbocycles. The van der Waals surface area contributed by atoms with Gasteiger partial charge in [0.2, 0.25) is 0 Å². The Hall–Kier alpha value is -0.390. The molecule has 108 valence electrons. The van der Waals surface area contributed by atoms with E-state index in [0.717, 1.165) is 24.0 Å². The third-order valence-electron chi connectivity index (χ3n) is 3.00. The number of nitrogens with one attached hydrogen (secondary N) is 1. The molecular weight excluding hydrogens is 326 g/mol. The van der Waals surface area contributed by atoms with Crippen LogP contribution in [0.2, 0.25) is 0 Å². The van der Waals surface area contributed by atoms with E-state index in [1.54, 1.807) is 0 Å². The van der Waals surface area contributed by atoms with Crippen molar-refractivity contribution >= 4 is 25.8 Å². The molecule has 0 aliphatic heterocycles. The number of sulfone groups is 1. The average Bonchev–Trinajstić information content (AvgIpc) is 2.34. The van der Waals surface area contributed by atoms with Gasteiger partial charge in [-0.15, -0.1) is 0 Å². The van der Waals surface area contributed by atoms with E-state index in [1.165, 1.54) is 11.8 Å². The first kappa shape index (κ1) is 16.7. The summed E-state index contributed by atoms with van der Waals surface area (Å²) in [4.78, 5) is 0. The van der Waals surface area contributed by atoms with Gasteiger partial charge in [0.25, 0.3) is 0 Å². The van der Waals surface area contributed by atoms with E-state index in [4.69, 9.17) is 0 Å². The molecule has 1 aromatic rings. The highest BCUT2D eigenvalue weighted by atomic mass is 79.9. The molecule has 0 radical (unpaired) electrons. The number of halogens is 1. The highest BCUT2D eigenvalue weighted by molar-refractivity contribution is 9.10. The van der Waals surface area contributed by atoms with Crippen LogP contribution >= 0.6 is 15.9 Å². The Kier molecular flexibility index (Phi) is 7.04. The second-order valence-electron chi connectivity index (χ2n) is 4.87. The molecule has 0 aliphatic rings. The van der Waals surface area contributed by atoms with E-state index in [1.807, 2.05) is 12.1 Å². The standard InChI is InChI=1S/C14H22BrNO2S/c1-3-9-16-11-13(8-10-19(2,17)18)12-4-6-14(15)7-5-12/h4-7,13,16H,3,8-11H2,1-2H3. The Labute approximate surface area is 124 Å². The maximum atomic E-state index is 11.3. The smallest absolute Gasteiger partial charge is 0.147 e. The highest BCUT2D eigenvalue weighted by Crippen LogP contribution is 2.22. The van der Waals surface area contributed by atoms with Gasteiger partial charge >= 0.3 is 0 Å². The fourth-order valence-corrected chi connectivity index (χ4v) is 2.91. The van der Waals surface area contributed by atoms with Crippen LogP contribution < -0.4 is 5.32 Å². The highest BCUT2D eigenvalue weighted by Gasteiger charge is 2.14. The van der Waals surface area contributed by atoms with E-state index >= 15 is 0 Å². The molecule has 0 saturated heterocycles. The maximum Gasteiger partial charge on any atom is 0.147 e. The van der Waals surface area contributed by atoms with Crippen molar-refractivity contribution in [3.8, 4) is 0 Å². The van der Waals surface area contributed by atoms with Gasteiger partial charge in [0.1, 0.15) is 9.84 Å². The number of hydrogen-bond acceptors (Lipinski definition) is 3. The lowest BCUT2D eigenvalue weighted by atomic mass is 9.96. The maximum absolute atomic E-state index is 11.3. The second kappa shape index (κ2) is 8.02. The number of benzene rings is 1. The molecule has 0 spiro atoms. The van der Waals surface area contributed by atoms with Crippen LogP contribution in [0.4, 0.5) is 0 Å². The van der Waals surface area contributed by atoms with Gasteiger partial charge in [-0.05, 0) is 43.0 Å². The Morgan fingerprint density at radius 3 is 2.42 bits per heavy atom. The first-order valence-electron chi connectivity index (χ1n) is 6.56. The van der Waals surface area contributed by atoms with E-state index in [2.05, 4.69) is 40.3 Å². The molecule has 1 N–H and O–H groups in total. The van der Waals surface area contributed by atoms with Crippen LogP contribution in [0, 0.1) is 0 Å². The van der Waals surface area contributed by atoms with Gasteiger partial charge in [-0.1, -0.05) is 35.0 Å². The molecule has 0 aromatic heterocycles. The van der Waals surface area contributed by atoms with E-state index in [-0.39, 0.29) is 11.7 Å². The van der Waals surface area contributed by atoms with Gasteiger partial charge in [-0.2, -0.15) is 0 Å². The summed E-state index contributed by atoms with van der Waals surface area (Å²) < 4.78 is 23.7. The van der Waals surface area contributed by atoms with Crippen LogP contribution in [0.1, 0.15) is 31.2 Å². The Balaban J connectivity index is 2.70. The summed E-state index contributed by atoms with van der Waals surface area (Å²) in [5.74, 6) is 0.482. The minimum absolute atomic E-state index is 0.238. The first-order chi connectivity index (χ1) is 8.92. The van der Waals surface area contributed by atoms with Gasteiger partial charge in [-0.25, -0.2) is 8.42 Å². The predicted molar refractivity (Wildman–Crippen MR) is 84.4 cm³/mol. The summed E-state index contributed by atoms with van der Waals surface area (Å²) in [5, 5.41) is 3.38. The predicted octanol–water partition coefficient (Wildman–Crippen LogP) is 2.97. The largest absolute Gasteiger partial charge is 0.316 e. The molecule has 19 heavy (non-hydrogen) atoms. The van der Waals surface area contributed by atoms with Gasteiger partial charge < -0.3 is 5.32 Å². The lowest BCUT2D eigenvalue weighted by Gasteiger charge is -2.18. The van der Waals surface area contributed by atoms with Gasteiger partial charge in [0.15, 0.2) is 0 Å². The van der Waals surface area contributed by atoms with Crippen molar-refractivity contribution < 1.29 is 8.42 Å². The van der Waals surface area contributed by atoms with Crippen LogP contribution in [0.25, 0.3) is 0 Å². The minimum Gasteiger partial charge on any atom is -0.316 e. The topological polar surface area (TPSA) is 46.2 Å². The Morgan fingerprint density at radius 2 is 1.89 bits per heavy atom. The summed E-state index contributed by atoms with van der Waals surface area (Å²) in [6.45, 7) is 3.91. The molecule has 0 saturated carbocycles. The molecule has 0 bridgehead atoms. The third kappa shape index (κ3) is 7.09. The van der Waals surface area contributed by atoms with Gasteiger partial charge in [-0.3, -0.25) is 0 Å². The van der Waals surface area contributed by atoms with Crippen molar-refractivity contribution in [1.29, 1.82) is 0 Å². The lowest BCUT2D eigenvalue weighted by molar-refractivity contribution is 0.556. The summed E-state index contributed by atoms with van der Waals surface area (Å²) in [7, 11) is -2.90. The molecular formula is C14H22BrNO2S. The molecule has 0 fully saturated rings. The normalized spacial score (nSPS) is 13.4.